The summed E-state index contributed by atoms with van der Waals surface area (Å²) < 4.78 is 6.89. The van der Waals surface area contributed by atoms with Crippen LogP contribution in [0, 0.1) is 5.92 Å². The molecule has 0 radical (unpaired) electrons. The summed E-state index contributed by atoms with van der Waals surface area (Å²) in [6.45, 7) is 8.64. The van der Waals surface area contributed by atoms with Gasteiger partial charge in [0, 0.05) is 10.5 Å². The largest absolute Gasteiger partial charge is 0.494 e. The lowest BCUT2D eigenvalue weighted by Crippen LogP contribution is -2.34. The molecular weight excluding hydrogens is 302 g/mol. The highest BCUT2D eigenvalue weighted by Gasteiger charge is 2.14. The Morgan fingerprint density at radius 3 is 2.47 bits per heavy atom. The molecule has 0 aliphatic carbocycles. The van der Waals surface area contributed by atoms with Crippen molar-refractivity contribution in [2.24, 2.45) is 5.92 Å². The van der Waals surface area contributed by atoms with Gasteiger partial charge in [0.2, 0.25) is 0 Å². The fourth-order valence-corrected chi connectivity index (χ4v) is 2.47. The molecule has 0 aromatic heterocycles. The normalized spacial score (nSPS) is 14.1. The Morgan fingerprint density at radius 2 is 1.89 bits per heavy atom. The van der Waals surface area contributed by atoms with E-state index in [0.717, 1.165) is 29.8 Å². The van der Waals surface area contributed by atoms with Crippen molar-refractivity contribution in [3.8, 4) is 5.75 Å². The predicted molar refractivity (Wildman–Crippen MR) is 85.8 cm³/mol. The number of hydrogen-bond donors (Lipinski definition) is 1. The number of nitrogens with one attached hydrogen (secondary N) is 1. The molecule has 2 nitrogen and oxygen atoms in total. The smallest absolute Gasteiger partial charge is 0.119 e. The molecule has 1 N–H and O–H groups in total. The number of rotatable bonds is 9. The van der Waals surface area contributed by atoms with Crippen molar-refractivity contribution in [2.45, 2.75) is 46.1 Å². The SMILES string of the molecule is CCCNC(C)C(CC)CCOc1ccc(Br)cc1. The van der Waals surface area contributed by atoms with Crippen LogP contribution in [0.2, 0.25) is 0 Å². The van der Waals surface area contributed by atoms with Crippen LogP contribution >= 0.6 is 15.9 Å². The van der Waals surface area contributed by atoms with Gasteiger partial charge in [0.05, 0.1) is 6.61 Å². The first-order valence-corrected chi connectivity index (χ1v) is 8.08. The second-order valence-electron chi connectivity index (χ2n) is 5.00. The molecule has 19 heavy (non-hydrogen) atoms. The van der Waals surface area contributed by atoms with Gasteiger partial charge in [-0.1, -0.05) is 36.2 Å². The van der Waals surface area contributed by atoms with Crippen molar-refractivity contribution in [1.82, 2.24) is 5.32 Å². The third-order valence-electron chi connectivity index (χ3n) is 3.52. The number of benzene rings is 1. The number of halogens is 1. The average Bonchev–Trinajstić information content (AvgIpc) is 2.43. The quantitative estimate of drug-likeness (QED) is 0.713. The Kier molecular flexibility index (Phi) is 8.15. The summed E-state index contributed by atoms with van der Waals surface area (Å²) in [7, 11) is 0. The van der Waals surface area contributed by atoms with Gasteiger partial charge in [-0.25, -0.2) is 0 Å². The lowest BCUT2D eigenvalue weighted by Gasteiger charge is -2.23. The van der Waals surface area contributed by atoms with Gasteiger partial charge in [-0.15, -0.1) is 0 Å². The first-order chi connectivity index (χ1) is 9.17. The maximum atomic E-state index is 5.80. The zero-order valence-corrected chi connectivity index (χ0v) is 13.9. The Labute approximate surface area is 126 Å². The van der Waals surface area contributed by atoms with Crippen LogP contribution in [0.3, 0.4) is 0 Å². The second-order valence-corrected chi connectivity index (χ2v) is 5.92. The molecule has 0 bridgehead atoms. The lowest BCUT2D eigenvalue weighted by atomic mass is 9.95. The molecule has 108 valence electrons. The van der Waals surface area contributed by atoms with E-state index in [-0.39, 0.29) is 0 Å². The van der Waals surface area contributed by atoms with E-state index in [9.17, 15) is 0 Å². The van der Waals surface area contributed by atoms with E-state index in [1.165, 1.54) is 12.8 Å². The Hall–Kier alpha value is -0.540. The van der Waals surface area contributed by atoms with E-state index < -0.39 is 0 Å². The Bertz CT molecular complexity index is 339. The summed E-state index contributed by atoms with van der Waals surface area (Å²) >= 11 is 3.43. The van der Waals surface area contributed by atoms with Crippen molar-refractivity contribution in [3.05, 3.63) is 28.7 Å². The summed E-state index contributed by atoms with van der Waals surface area (Å²) in [5.74, 6) is 1.63. The molecule has 0 amide bonds. The molecule has 0 fully saturated rings. The maximum Gasteiger partial charge on any atom is 0.119 e. The zero-order valence-electron chi connectivity index (χ0n) is 12.3. The van der Waals surface area contributed by atoms with Crippen LogP contribution in [0.25, 0.3) is 0 Å². The van der Waals surface area contributed by atoms with Gasteiger partial charge < -0.3 is 10.1 Å². The minimum atomic E-state index is 0.568. The molecular formula is C16H26BrNO. The van der Waals surface area contributed by atoms with Crippen LogP contribution in [0.15, 0.2) is 28.7 Å². The highest BCUT2D eigenvalue weighted by Crippen LogP contribution is 2.18. The molecule has 0 saturated heterocycles. The van der Waals surface area contributed by atoms with E-state index in [0.29, 0.717) is 12.0 Å². The third kappa shape index (κ3) is 6.44. The zero-order chi connectivity index (χ0) is 14.1. The van der Waals surface area contributed by atoms with Gasteiger partial charge in [0.25, 0.3) is 0 Å². The molecule has 2 unspecified atom stereocenters. The van der Waals surface area contributed by atoms with E-state index >= 15 is 0 Å². The van der Waals surface area contributed by atoms with E-state index in [4.69, 9.17) is 4.74 Å². The van der Waals surface area contributed by atoms with Gasteiger partial charge in [0.15, 0.2) is 0 Å². The van der Waals surface area contributed by atoms with Gasteiger partial charge in [-0.3, -0.25) is 0 Å². The maximum absolute atomic E-state index is 5.80. The van der Waals surface area contributed by atoms with E-state index in [1.807, 2.05) is 24.3 Å². The third-order valence-corrected chi connectivity index (χ3v) is 4.05. The summed E-state index contributed by atoms with van der Waals surface area (Å²) in [6.07, 6.45) is 3.49. The van der Waals surface area contributed by atoms with Gasteiger partial charge in [-0.2, -0.15) is 0 Å². The van der Waals surface area contributed by atoms with Gasteiger partial charge in [0.1, 0.15) is 5.75 Å². The monoisotopic (exact) mass is 327 g/mol. The number of hydrogen-bond acceptors (Lipinski definition) is 2. The molecule has 2 atom stereocenters. The molecule has 0 heterocycles. The minimum absolute atomic E-state index is 0.568. The van der Waals surface area contributed by atoms with Crippen LogP contribution in [-0.4, -0.2) is 19.2 Å². The first kappa shape index (κ1) is 16.5. The second kappa shape index (κ2) is 9.38. The van der Waals surface area contributed by atoms with Crippen molar-refractivity contribution in [1.29, 1.82) is 0 Å². The van der Waals surface area contributed by atoms with Crippen molar-refractivity contribution in [2.75, 3.05) is 13.2 Å². The van der Waals surface area contributed by atoms with E-state index in [2.05, 4.69) is 42.0 Å². The van der Waals surface area contributed by atoms with Crippen LogP contribution in [0.5, 0.6) is 5.75 Å². The number of ether oxygens (including phenoxy) is 1. The summed E-state index contributed by atoms with van der Waals surface area (Å²) in [5.41, 5.74) is 0. The van der Waals surface area contributed by atoms with Crippen molar-refractivity contribution >= 4 is 15.9 Å². The van der Waals surface area contributed by atoms with Gasteiger partial charge in [-0.05, 0) is 56.5 Å². The standard InChI is InChI=1S/C16H26BrNO/c1-4-11-18-13(3)14(5-2)10-12-19-16-8-6-15(17)7-9-16/h6-9,13-14,18H,4-5,10-12H2,1-3H3. The summed E-state index contributed by atoms with van der Waals surface area (Å²) in [6, 6.07) is 8.60. The Balaban J connectivity index is 2.30. The average molecular weight is 328 g/mol. The molecule has 3 heteroatoms. The van der Waals surface area contributed by atoms with Crippen molar-refractivity contribution in [3.63, 3.8) is 0 Å². The van der Waals surface area contributed by atoms with Crippen LogP contribution in [-0.2, 0) is 0 Å². The summed E-state index contributed by atoms with van der Waals surface area (Å²) in [5, 5.41) is 3.58. The molecule has 0 spiro atoms. The predicted octanol–water partition coefficient (Wildman–Crippen LogP) is 4.63. The van der Waals surface area contributed by atoms with Crippen LogP contribution in [0.4, 0.5) is 0 Å². The summed E-state index contributed by atoms with van der Waals surface area (Å²) in [4.78, 5) is 0. The molecule has 0 aliphatic rings. The molecule has 0 aliphatic heterocycles. The molecule has 1 aromatic carbocycles. The lowest BCUT2D eigenvalue weighted by molar-refractivity contribution is 0.247. The van der Waals surface area contributed by atoms with Crippen LogP contribution < -0.4 is 10.1 Å². The first-order valence-electron chi connectivity index (χ1n) is 7.29. The molecule has 1 rings (SSSR count). The Morgan fingerprint density at radius 1 is 1.21 bits per heavy atom. The topological polar surface area (TPSA) is 21.3 Å². The fourth-order valence-electron chi connectivity index (χ4n) is 2.21. The highest BCUT2D eigenvalue weighted by molar-refractivity contribution is 9.10. The highest BCUT2D eigenvalue weighted by atomic mass is 79.9. The van der Waals surface area contributed by atoms with Crippen molar-refractivity contribution < 1.29 is 4.74 Å². The fraction of sp³-hybridized carbons (Fsp3) is 0.625. The molecule has 1 aromatic rings. The van der Waals surface area contributed by atoms with Gasteiger partial charge >= 0.3 is 0 Å². The van der Waals surface area contributed by atoms with E-state index in [1.54, 1.807) is 0 Å². The molecule has 0 saturated carbocycles. The minimum Gasteiger partial charge on any atom is -0.494 e. The van der Waals surface area contributed by atoms with Crippen LogP contribution in [0.1, 0.15) is 40.0 Å².